The smallest absolute Gasteiger partial charge is 0.233 e. The van der Waals surface area contributed by atoms with Crippen LogP contribution in [0.4, 0.5) is 5.95 Å². The molecule has 8 nitrogen and oxygen atoms in total. The Morgan fingerprint density at radius 1 is 1.52 bits per heavy atom. The zero-order valence-electron chi connectivity index (χ0n) is 12.0. The molecule has 0 radical (unpaired) electrons. The summed E-state index contributed by atoms with van der Waals surface area (Å²) in [5.41, 5.74) is 5.58. The second-order valence-corrected chi connectivity index (χ2v) is 8.10. The largest absolute Gasteiger partial charge is 0.368 e. The third-order valence-corrected chi connectivity index (χ3v) is 6.26. The van der Waals surface area contributed by atoms with E-state index >= 15 is 0 Å². The highest BCUT2D eigenvalue weighted by molar-refractivity contribution is 7.99. The van der Waals surface area contributed by atoms with E-state index in [1.807, 2.05) is 6.92 Å². The van der Waals surface area contributed by atoms with Crippen molar-refractivity contribution in [3.05, 3.63) is 0 Å². The van der Waals surface area contributed by atoms with Gasteiger partial charge in [0.15, 0.2) is 15.0 Å². The van der Waals surface area contributed by atoms with Crippen LogP contribution in [0.3, 0.4) is 0 Å². The number of aromatic nitrogens is 3. The Kier molecular flexibility index (Phi) is 4.77. The van der Waals surface area contributed by atoms with Gasteiger partial charge in [-0.2, -0.15) is 0 Å². The normalized spacial score (nSPS) is 20.6. The van der Waals surface area contributed by atoms with Gasteiger partial charge in [-0.1, -0.05) is 11.8 Å². The third kappa shape index (κ3) is 3.67. The standard InChI is InChI=1S/C11H19N5O3S2/c1-3-16(8-4-5-21(18,19)7-8)9(17)6-20-11-14-13-10(12)15(11)2/h8H,3-7H2,1-2H3,(H2,12,13). The summed E-state index contributed by atoms with van der Waals surface area (Å²) in [6.45, 7) is 2.36. The maximum atomic E-state index is 12.3. The molecule has 0 bridgehead atoms. The fraction of sp³-hybridized carbons (Fsp3) is 0.727. The lowest BCUT2D eigenvalue weighted by Gasteiger charge is -2.26. The van der Waals surface area contributed by atoms with E-state index in [-0.39, 0.29) is 29.2 Å². The van der Waals surface area contributed by atoms with Crippen molar-refractivity contribution in [1.29, 1.82) is 0 Å². The first-order valence-electron chi connectivity index (χ1n) is 6.61. The lowest BCUT2D eigenvalue weighted by Crippen LogP contribution is -2.42. The molecule has 2 rings (SSSR count). The molecule has 118 valence electrons. The van der Waals surface area contributed by atoms with Crippen LogP contribution >= 0.6 is 11.8 Å². The van der Waals surface area contributed by atoms with E-state index in [1.54, 1.807) is 16.5 Å². The van der Waals surface area contributed by atoms with Crippen LogP contribution in [-0.2, 0) is 21.7 Å². The van der Waals surface area contributed by atoms with Gasteiger partial charge in [0, 0.05) is 19.6 Å². The maximum absolute atomic E-state index is 12.3. The molecule has 21 heavy (non-hydrogen) atoms. The summed E-state index contributed by atoms with van der Waals surface area (Å²) in [7, 11) is -1.27. The van der Waals surface area contributed by atoms with E-state index in [9.17, 15) is 13.2 Å². The number of nitrogens with zero attached hydrogens (tertiary/aromatic N) is 4. The molecule has 2 N–H and O–H groups in total. The second-order valence-electron chi connectivity index (χ2n) is 4.93. The average molecular weight is 333 g/mol. The summed E-state index contributed by atoms with van der Waals surface area (Å²) in [6.07, 6.45) is 0.517. The monoisotopic (exact) mass is 333 g/mol. The number of amides is 1. The van der Waals surface area contributed by atoms with Crippen molar-refractivity contribution in [3.8, 4) is 0 Å². The van der Waals surface area contributed by atoms with Gasteiger partial charge in [-0.15, -0.1) is 10.2 Å². The molecule has 1 aliphatic heterocycles. The summed E-state index contributed by atoms with van der Waals surface area (Å²) < 4.78 is 24.7. The number of nitrogens with two attached hydrogens (primary N) is 1. The van der Waals surface area contributed by atoms with Crippen LogP contribution in [0.5, 0.6) is 0 Å². The van der Waals surface area contributed by atoms with Gasteiger partial charge in [-0.3, -0.25) is 9.36 Å². The lowest BCUT2D eigenvalue weighted by atomic mass is 10.2. The van der Waals surface area contributed by atoms with Gasteiger partial charge in [0.1, 0.15) is 0 Å². The molecule has 1 aromatic rings. The molecule has 1 fully saturated rings. The molecule has 1 atom stereocenters. The number of thioether (sulfide) groups is 1. The fourth-order valence-corrected chi connectivity index (χ4v) is 4.86. The van der Waals surface area contributed by atoms with Gasteiger partial charge in [0.25, 0.3) is 0 Å². The quantitative estimate of drug-likeness (QED) is 0.725. The Bertz CT molecular complexity index is 628. The highest BCUT2D eigenvalue weighted by atomic mass is 32.2. The third-order valence-electron chi connectivity index (χ3n) is 3.50. The lowest BCUT2D eigenvalue weighted by molar-refractivity contribution is -0.129. The number of rotatable bonds is 5. The summed E-state index contributed by atoms with van der Waals surface area (Å²) in [5, 5.41) is 8.16. The number of anilines is 1. The van der Waals surface area contributed by atoms with Crippen LogP contribution in [-0.4, -0.2) is 63.8 Å². The van der Waals surface area contributed by atoms with Gasteiger partial charge in [0.05, 0.1) is 17.3 Å². The van der Waals surface area contributed by atoms with Crippen LogP contribution in [0.15, 0.2) is 5.16 Å². The van der Waals surface area contributed by atoms with Gasteiger partial charge in [-0.25, -0.2) is 8.42 Å². The Morgan fingerprint density at radius 2 is 2.24 bits per heavy atom. The summed E-state index contributed by atoms with van der Waals surface area (Å²) in [4.78, 5) is 13.9. The van der Waals surface area contributed by atoms with E-state index < -0.39 is 9.84 Å². The summed E-state index contributed by atoms with van der Waals surface area (Å²) in [6, 6.07) is -0.210. The number of hydrogen-bond donors (Lipinski definition) is 1. The minimum atomic E-state index is -3.00. The van der Waals surface area contributed by atoms with Crippen molar-refractivity contribution < 1.29 is 13.2 Å². The van der Waals surface area contributed by atoms with Crippen molar-refractivity contribution in [2.24, 2.45) is 7.05 Å². The molecule has 1 aromatic heterocycles. The van der Waals surface area contributed by atoms with E-state index in [1.165, 1.54) is 11.8 Å². The number of carbonyl (C=O) groups is 1. The first-order valence-corrected chi connectivity index (χ1v) is 9.42. The van der Waals surface area contributed by atoms with Crippen molar-refractivity contribution >= 4 is 33.5 Å². The Balaban J connectivity index is 1.96. The first-order chi connectivity index (χ1) is 9.84. The van der Waals surface area contributed by atoms with Crippen LogP contribution in [0.2, 0.25) is 0 Å². The topological polar surface area (TPSA) is 111 Å². The molecule has 0 spiro atoms. The number of carbonyl (C=O) groups excluding carboxylic acids is 1. The van der Waals surface area contributed by atoms with Crippen molar-refractivity contribution in [2.75, 3.05) is 29.5 Å². The molecule has 1 unspecified atom stereocenters. The average Bonchev–Trinajstić information content (AvgIpc) is 2.93. The van der Waals surface area contributed by atoms with Gasteiger partial charge < -0.3 is 10.6 Å². The number of hydrogen-bond acceptors (Lipinski definition) is 7. The predicted octanol–water partition coefficient (Wildman–Crippen LogP) is -0.475. The van der Waals surface area contributed by atoms with E-state index in [0.717, 1.165) is 0 Å². The maximum Gasteiger partial charge on any atom is 0.233 e. The second kappa shape index (κ2) is 6.22. The molecular formula is C11H19N5O3S2. The van der Waals surface area contributed by atoms with E-state index in [4.69, 9.17) is 5.73 Å². The Morgan fingerprint density at radius 3 is 2.71 bits per heavy atom. The predicted molar refractivity (Wildman–Crippen MR) is 80.6 cm³/mol. The minimum absolute atomic E-state index is 0.0636. The zero-order chi connectivity index (χ0) is 15.6. The zero-order valence-corrected chi connectivity index (χ0v) is 13.7. The van der Waals surface area contributed by atoms with Crippen molar-refractivity contribution in [2.45, 2.75) is 24.5 Å². The number of nitrogen functional groups attached to an aromatic ring is 1. The Hall–Kier alpha value is -1.29. The van der Waals surface area contributed by atoms with Gasteiger partial charge in [-0.05, 0) is 13.3 Å². The van der Waals surface area contributed by atoms with Crippen LogP contribution in [0.25, 0.3) is 0 Å². The van der Waals surface area contributed by atoms with Crippen LogP contribution in [0, 0.1) is 0 Å². The van der Waals surface area contributed by atoms with Crippen LogP contribution in [0.1, 0.15) is 13.3 Å². The van der Waals surface area contributed by atoms with Gasteiger partial charge in [0.2, 0.25) is 11.9 Å². The van der Waals surface area contributed by atoms with E-state index in [0.29, 0.717) is 24.1 Å². The molecule has 1 amide bonds. The van der Waals surface area contributed by atoms with Crippen LogP contribution < -0.4 is 5.73 Å². The minimum Gasteiger partial charge on any atom is -0.368 e. The first kappa shape index (κ1) is 16.1. The highest BCUT2D eigenvalue weighted by Crippen LogP contribution is 2.21. The molecule has 0 aromatic carbocycles. The van der Waals surface area contributed by atoms with Gasteiger partial charge >= 0.3 is 0 Å². The summed E-state index contributed by atoms with van der Waals surface area (Å²) >= 11 is 1.25. The molecular weight excluding hydrogens is 314 g/mol. The molecule has 0 saturated carbocycles. The molecule has 1 saturated heterocycles. The van der Waals surface area contributed by atoms with Crippen molar-refractivity contribution in [1.82, 2.24) is 19.7 Å². The number of sulfone groups is 1. The molecule has 1 aliphatic rings. The molecule has 0 aliphatic carbocycles. The molecule has 2 heterocycles. The van der Waals surface area contributed by atoms with E-state index in [2.05, 4.69) is 10.2 Å². The Labute approximate surface area is 128 Å². The molecule has 10 heteroatoms. The SMILES string of the molecule is CCN(C(=O)CSc1nnc(N)n1C)C1CCS(=O)(=O)C1. The highest BCUT2D eigenvalue weighted by Gasteiger charge is 2.33. The van der Waals surface area contributed by atoms with Crippen molar-refractivity contribution in [3.63, 3.8) is 0 Å². The summed E-state index contributed by atoms with van der Waals surface area (Å²) in [5.74, 6) is 0.615. The fourth-order valence-electron chi connectivity index (χ4n) is 2.32.